The molecule has 0 fully saturated rings. The molecule has 1 amide bonds. The molecule has 1 heterocycles. The number of benzene rings is 2. The molecule has 0 bridgehead atoms. The lowest BCUT2D eigenvalue weighted by atomic mass is 10.1. The minimum absolute atomic E-state index is 0.0417. The van der Waals surface area contributed by atoms with Crippen molar-refractivity contribution in [1.29, 1.82) is 0 Å². The number of hydrogen-bond acceptors (Lipinski definition) is 7. The van der Waals surface area contributed by atoms with E-state index < -0.39 is 9.84 Å². The molecule has 3 rings (SSSR count). The Morgan fingerprint density at radius 1 is 1.11 bits per heavy atom. The number of thiazole rings is 1. The van der Waals surface area contributed by atoms with E-state index in [4.69, 9.17) is 9.47 Å². The fourth-order valence-corrected chi connectivity index (χ4v) is 4.42. The van der Waals surface area contributed by atoms with E-state index >= 15 is 0 Å². The zero-order chi connectivity index (χ0) is 20.3. The number of anilines is 1. The quantitative estimate of drug-likeness (QED) is 0.630. The second-order valence-electron chi connectivity index (χ2n) is 5.97. The SMILES string of the molecule is CCS(=O)(=O)c1ccc(CC(=O)Nc2nc3cc(OC)c(OC)cc3s2)cc1. The Hall–Kier alpha value is -2.65. The van der Waals surface area contributed by atoms with Crippen LogP contribution in [0.5, 0.6) is 11.5 Å². The average Bonchev–Trinajstić information content (AvgIpc) is 3.07. The molecule has 2 aromatic carbocycles. The third kappa shape index (κ3) is 4.26. The number of sulfone groups is 1. The van der Waals surface area contributed by atoms with Gasteiger partial charge in [0, 0.05) is 12.1 Å². The van der Waals surface area contributed by atoms with Crippen LogP contribution in [-0.4, -0.2) is 39.3 Å². The van der Waals surface area contributed by atoms with Gasteiger partial charge in [0.25, 0.3) is 0 Å². The van der Waals surface area contributed by atoms with E-state index in [1.165, 1.54) is 23.5 Å². The predicted octanol–water partition coefficient (Wildman–Crippen LogP) is 3.29. The van der Waals surface area contributed by atoms with Gasteiger partial charge in [0.2, 0.25) is 5.91 Å². The molecular formula is C19H20N2O5S2. The minimum atomic E-state index is -3.25. The molecule has 0 radical (unpaired) electrons. The van der Waals surface area contributed by atoms with Crippen molar-refractivity contribution < 1.29 is 22.7 Å². The van der Waals surface area contributed by atoms with Crippen LogP contribution in [0.1, 0.15) is 12.5 Å². The molecule has 1 aromatic heterocycles. The van der Waals surface area contributed by atoms with Gasteiger partial charge >= 0.3 is 0 Å². The second kappa shape index (κ2) is 8.15. The normalized spacial score (nSPS) is 11.4. The third-order valence-corrected chi connectivity index (χ3v) is 6.85. The fourth-order valence-electron chi connectivity index (χ4n) is 2.64. The highest BCUT2D eigenvalue weighted by Crippen LogP contribution is 2.36. The van der Waals surface area contributed by atoms with Crippen LogP contribution < -0.4 is 14.8 Å². The Labute approximate surface area is 167 Å². The number of rotatable bonds is 7. The van der Waals surface area contributed by atoms with Crippen molar-refractivity contribution in [2.75, 3.05) is 25.3 Å². The topological polar surface area (TPSA) is 94.6 Å². The van der Waals surface area contributed by atoms with Gasteiger partial charge in [0.05, 0.1) is 41.5 Å². The van der Waals surface area contributed by atoms with Gasteiger partial charge in [-0.25, -0.2) is 13.4 Å². The van der Waals surface area contributed by atoms with Crippen molar-refractivity contribution in [3.8, 4) is 11.5 Å². The first kappa shape index (κ1) is 20.1. The summed E-state index contributed by atoms with van der Waals surface area (Å²) < 4.78 is 35.1. The van der Waals surface area contributed by atoms with E-state index in [-0.39, 0.29) is 23.0 Å². The molecule has 7 nitrogen and oxygen atoms in total. The van der Waals surface area contributed by atoms with Crippen LogP contribution in [-0.2, 0) is 21.1 Å². The molecule has 148 valence electrons. The van der Waals surface area contributed by atoms with Crippen molar-refractivity contribution in [2.24, 2.45) is 0 Å². The van der Waals surface area contributed by atoms with Crippen LogP contribution in [0, 0.1) is 0 Å². The lowest BCUT2D eigenvalue weighted by Gasteiger charge is -2.05. The zero-order valence-corrected chi connectivity index (χ0v) is 17.3. The average molecular weight is 421 g/mol. The van der Waals surface area contributed by atoms with E-state index in [1.54, 1.807) is 39.3 Å². The van der Waals surface area contributed by atoms with Gasteiger partial charge in [-0.3, -0.25) is 4.79 Å². The summed E-state index contributed by atoms with van der Waals surface area (Å²) in [6, 6.07) is 9.92. The standard InChI is InChI=1S/C19H20N2O5S2/c1-4-28(23,24)13-7-5-12(6-8-13)9-18(22)21-19-20-14-10-15(25-2)16(26-3)11-17(14)27-19/h5-8,10-11H,4,9H2,1-3H3,(H,20,21,22). The van der Waals surface area contributed by atoms with Crippen molar-refractivity contribution in [3.05, 3.63) is 42.0 Å². The largest absolute Gasteiger partial charge is 0.493 e. The first-order valence-corrected chi connectivity index (χ1v) is 11.0. The van der Waals surface area contributed by atoms with Gasteiger partial charge in [0.15, 0.2) is 26.5 Å². The molecule has 0 saturated carbocycles. The summed E-state index contributed by atoms with van der Waals surface area (Å²) in [5, 5.41) is 3.25. The summed E-state index contributed by atoms with van der Waals surface area (Å²) in [6.45, 7) is 1.60. The lowest BCUT2D eigenvalue weighted by molar-refractivity contribution is -0.115. The molecule has 28 heavy (non-hydrogen) atoms. The van der Waals surface area contributed by atoms with E-state index in [0.717, 1.165) is 10.3 Å². The zero-order valence-electron chi connectivity index (χ0n) is 15.7. The van der Waals surface area contributed by atoms with Crippen LogP contribution in [0.4, 0.5) is 5.13 Å². The van der Waals surface area contributed by atoms with Gasteiger partial charge in [-0.1, -0.05) is 30.4 Å². The molecule has 1 N–H and O–H groups in total. The maximum Gasteiger partial charge on any atom is 0.230 e. The number of carbonyl (C=O) groups is 1. The molecule has 0 saturated heterocycles. The third-order valence-electron chi connectivity index (χ3n) is 4.17. The Balaban J connectivity index is 1.72. The van der Waals surface area contributed by atoms with Crippen molar-refractivity contribution in [1.82, 2.24) is 4.98 Å². The molecule has 0 aliphatic heterocycles. The Morgan fingerprint density at radius 2 is 1.75 bits per heavy atom. The summed E-state index contributed by atoms with van der Waals surface area (Å²) in [4.78, 5) is 17.0. The van der Waals surface area contributed by atoms with Gasteiger partial charge < -0.3 is 14.8 Å². The molecule has 9 heteroatoms. The van der Waals surface area contributed by atoms with Crippen LogP contribution in [0.2, 0.25) is 0 Å². The molecule has 0 unspecified atom stereocenters. The van der Waals surface area contributed by atoms with Crippen LogP contribution >= 0.6 is 11.3 Å². The smallest absolute Gasteiger partial charge is 0.230 e. The molecular weight excluding hydrogens is 400 g/mol. The van der Waals surface area contributed by atoms with Gasteiger partial charge in [-0.15, -0.1) is 0 Å². The first-order valence-electron chi connectivity index (χ1n) is 8.50. The highest BCUT2D eigenvalue weighted by atomic mass is 32.2. The maximum atomic E-state index is 12.3. The number of nitrogens with one attached hydrogen (secondary N) is 1. The summed E-state index contributed by atoms with van der Waals surface area (Å²) >= 11 is 1.34. The Bertz CT molecular complexity index is 1060. The van der Waals surface area contributed by atoms with E-state index in [2.05, 4.69) is 10.3 Å². The highest BCUT2D eigenvalue weighted by Gasteiger charge is 2.14. The number of nitrogens with zero attached hydrogens (tertiary/aromatic N) is 1. The van der Waals surface area contributed by atoms with E-state index in [0.29, 0.717) is 22.1 Å². The van der Waals surface area contributed by atoms with Crippen molar-refractivity contribution in [2.45, 2.75) is 18.2 Å². The second-order valence-corrected chi connectivity index (χ2v) is 9.28. The number of hydrogen-bond donors (Lipinski definition) is 1. The predicted molar refractivity (Wildman–Crippen MR) is 109 cm³/mol. The van der Waals surface area contributed by atoms with Gasteiger partial charge in [0.1, 0.15) is 0 Å². The molecule has 0 atom stereocenters. The van der Waals surface area contributed by atoms with Crippen molar-refractivity contribution >= 4 is 42.4 Å². The number of ether oxygens (including phenoxy) is 2. The Kier molecular flexibility index (Phi) is 5.85. The number of aromatic nitrogens is 1. The lowest BCUT2D eigenvalue weighted by Crippen LogP contribution is -2.14. The van der Waals surface area contributed by atoms with E-state index in [9.17, 15) is 13.2 Å². The summed E-state index contributed by atoms with van der Waals surface area (Å²) in [5.41, 5.74) is 1.42. The number of methoxy groups -OCH3 is 2. The Morgan fingerprint density at radius 3 is 2.36 bits per heavy atom. The summed E-state index contributed by atoms with van der Waals surface area (Å²) in [7, 11) is -0.136. The first-order chi connectivity index (χ1) is 13.4. The minimum Gasteiger partial charge on any atom is -0.493 e. The highest BCUT2D eigenvalue weighted by molar-refractivity contribution is 7.91. The summed E-state index contributed by atoms with van der Waals surface area (Å²) in [6.07, 6.45) is 0.120. The number of carbonyl (C=O) groups excluding carboxylic acids is 1. The van der Waals surface area contributed by atoms with Crippen LogP contribution in [0.3, 0.4) is 0 Å². The maximum absolute atomic E-state index is 12.3. The fraction of sp³-hybridized carbons (Fsp3) is 0.263. The van der Waals surface area contributed by atoms with Gasteiger partial charge in [-0.2, -0.15) is 0 Å². The number of amides is 1. The van der Waals surface area contributed by atoms with Crippen LogP contribution in [0.25, 0.3) is 10.2 Å². The van der Waals surface area contributed by atoms with Crippen LogP contribution in [0.15, 0.2) is 41.3 Å². The molecule has 0 aliphatic rings. The molecule has 3 aromatic rings. The molecule has 0 aliphatic carbocycles. The summed E-state index contributed by atoms with van der Waals surface area (Å²) in [5.74, 6) is 0.975. The molecule has 0 spiro atoms. The van der Waals surface area contributed by atoms with Crippen molar-refractivity contribution in [3.63, 3.8) is 0 Å². The number of fused-ring (bicyclic) bond motifs is 1. The van der Waals surface area contributed by atoms with E-state index in [1.807, 2.05) is 6.07 Å². The van der Waals surface area contributed by atoms with Gasteiger partial charge in [-0.05, 0) is 17.7 Å². The monoisotopic (exact) mass is 420 g/mol.